The number of benzene rings is 3. The van der Waals surface area contributed by atoms with Crippen LogP contribution in [0.25, 0.3) is 6.08 Å². The van der Waals surface area contributed by atoms with E-state index in [0.29, 0.717) is 23.2 Å². The fraction of sp³-hybridized carbons (Fsp3) is 0.120. The second kappa shape index (κ2) is 9.54. The summed E-state index contributed by atoms with van der Waals surface area (Å²) in [5, 5.41) is 3.40. The van der Waals surface area contributed by atoms with E-state index >= 15 is 0 Å². The third kappa shape index (κ3) is 4.54. The largest absolute Gasteiger partial charge is 0.496 e. The van der Waals surface area contributed by atoms with E-state index in [4.69, 9.17) is 21.7 Å². The van der Waals surface area contributed by atoms with E-state index in [9.17, 15) is 4.79 Å². The van der Waals surface area contributed by atoms with Gasteiger partial charge in [0.15, 0.2) is 5.11 Å². The average Bonchev–Trinajstić information content (AvgIpc) is 3.06. The molecule has 1 fully saturated rings. The number of carbonyl (C=O) groups is 1. The Bertz CT molecular complexity index is 1230. The molecule has 0 atom stereocenters. The summed E-state index contributed by atoms with van der Waals surface area (Å²) in [6, 6.07) is 21.0. The number of aryl methyl sites for hydroxylation is 1. The van der Waals surface area contributed by atoms with Crippen molar-refractivity contribution in [3.05, 3.63) is 93.6 Å². The SMILES string of the molecule is COc1ccc(/C=C2/NC(=S)N(c3ccccc3C)C2=O)cc1COc1ccccc1Br. The van der Waals surface area contributed by atoms with Gasteiger partial charge < -0.3 is 14.8 Å². The Morgan fingerprint density at radius 2 is 1.81 bits per heavy atom. The Balaban J connectivity index is 1.59. The monoisotopic (exact) mass is 508 g/mol. The second-order valence-electron chi connectivity index (χ2n) is 7.21. The number of methoxy groups -OCH3 is 1. The minimum absolute atomic E-state index is 0.189. The molecule has 3 aromatic rings. The van der Waals surface area contributed by atoms with Crippen LogP contribution in [-0.4, -0.2) is 18.1 Å². The first-order valence-corrected chi connectivity index (χ1v) is 11.1. The van der Waals surface area contributed by atoms with Crippen molar-refractivity contribution < 1.29 is 14.3 Å². The molecule has 3 aromatic carbocycles. The van der Waals surface area contributed by atoms with E-state index in [1.54, 1.807) is 13.2 Å². The lowest BCUT2D eigenvalue weighted by Crippen LogP contribution is -2.30. The molecule has 5 nitrogen and oxygen atoms in total. The lowest BCUT2D eigenvalue weighted by Gasteiger charge is -2.16. The predicted octanol–water partition coefficient (Wildman–Crippen LogP) is 5.61. The van der Waals surface area contributed by atoms with Crippen LogP contribution in [0.1, 0.15) is 16.7 Å². The fourth-order valence-corrected chi connectivity index (χ4v) is 4.14. The standard InChI is InChI=1S/C25H21BrN2O3S/c1-16-7-3-5-9-21(16)28-24(29)20(27-25(28)32)14-17-11-12-22(30-2)18(13-17)15-31-23-10-6-4-8-19(23)26/h3-14H,15H2,1-2H3,(H,27,32)/b20-14+. The Labute approximate surface area is 200 Å². The number of anilines is 1. The van der Waals surface area contributed by atoms with Crippen molar-refractivity contribution in [2.75, 3.05) is 12.0 Å². The van der Waals surface area contributed by atoms with Crippen LogP contribution in [0.4, 0.5) is 5.69 Å². The van der Waals surface area contributed by atoms with E-state index in [1.165, 1.54) is 4.90 Å². The molecule has 1 amide bonds. The van der Waals surface area contributed by atoms with Crippen molar-refractivity contribution in [3.63, 3.8) is 0 Å². The minimum atomic E-state index is -0.189. The van der Waals surface area contributed by atoms with Crippen LogP contribution in [0.2, 0.25) is 0 Å². The maximum Gasteiger partial charge on any atom is 0.281 e. The summed E-state index contributed by atoms with van der Waals surface area (Å²) in [4.78, 5) is 14.6. The first-order valence-electron chi connectivity index (χ1n) is 9.95. The molecule has 0 radical (unpaired) electrons. The highest BCUT2D eigenvalue weighted by Crippen LogP contribution is 2.29. The molecule has 0 bridgehead atoms. The molecule has 1 aliphatic heterocycles. The van der Waals surface area contributed by atoms with Crippen molar-refractivity contribution in [1.82, 2.24) is 5.32 Å². The minimum Gasteiger partial charge on any atom is -0.496 e. The first kappa shape index (κ1) is 22.0. The summed E-state index contributed by atoms with van der Waals surface area (Å²) in [6.07, 6.45) is 1.79. The van der Waals surface area contributed by atoms with Gasteiger partial charge in [-0.3, -0.25) is 9.69 Å². The number of halogens is 1. The van der Waals surface area contributed by atoms with Gasteiger partial charge in [-0.25, -0.2) is 0 Å². The summed E-state index contributed by atoms with van der Waals surface area (Å²) >= 11 is 8.93. The zero-order chi connectivity index (χ0) is 22.7. The van der Waals surface area contributed by atoms with Crippen LogP contribution in [0.5, 0.6) is 11.5 Å². The van der Waals surface area contributed by atoms with Crippen molar-refractivity contribution in [3.8, 4) is 11.5 Å². The molecule has 0 unspecified atom stereocenters. The van der Waals surface area contributed by atoms with Gasteiger partial charge >= 0.3 is 0 Å². The van der Waals surface area contributed by atoms with Gasteiger partial charge in [0.1, 0.15) is 23.8 Å². The maximum absolute atomic E-state index is 13.1. The second-order valence-corrected chi connectivity index (χ2v) is 8.45. The molecule has 4 rings (SSSR count). The van der Waals surface area contributed by atoms with Gasteiger partial charge in [-0.15, -0.1) is 0 Å². The van der Waals surface area contributed by atoms with Crippen LogP contribution in [0, 0.1) is 6.92 Å². The molecule has 1 aliphatic rings. The van der Waals surface area contributed by atoms with E-state index in [-0.39, 0.29) is 5.91 Å². The molecule has 1 heterocycles. The van der Waals surface area contributed by atoms with Gasteiger partial charge in [0, 0.05) is 5.56 Å². The Morgan fingerprint density at radius 3 is 2.56 bits per heavy atom. The highest BCUT2D eigenvalue weighted by molar-refractivity contribution is 9.10. The zero-order valence-electron chi connectivity index (χ0n) is 17.6. The number of rotatable bonds is 6. The molecular weight excluding hydrogens is 488 g/mol. The normalized spacial score (nSPS) is 14.6. The fourth-order valence-electron chi connectivity index (χ4n) is 3.45. The number of nitrogens with zero attached hydrogens (tertiary/aromatic N) is 1. The van der Waals surface area contributed by atoms with E-state index < -0.39 is 0 Å². The lowest BCUT2D eigenvalue weighted by molar-refractivity contribution is -0.113. The number of hydrogen-bond donors (Lipinski definition) is 1. The van der Waals surface area contributed by atoms with E-state index in [1.807, 2.05) is 73.7 Å². The number of ether oxygens (including phenoxy) is 2. The third-order valence-corrected chi connectivity index (χ3v) is 6.01. The van der Waals surface area contributed by atoms with E-state index in [0.717, 1.165) is 32.6 Å². The summed E-state index contributed by atoms with van der Waals surface area (Å²) in [7, 11) is 1.62. The topological polar surface area (TPSA) is 50.8 Å². The summed E-state index contributed by atoms with van der Waals surface area (Å²) in [6.45, 7) is 2.27. The van der Waals surface area contributed by atoms with Gasteiger partial charge in [-0.05, 0) is 82.6 Å². The molecule has 0 aliphatic carbocycles. The molecule has 162 valence electrons. The number of carbonyl (C=O) groups excluding carboxylic acids is 1. The van der Waals surface area contributed by atoms with Crippen molar-refractivity contribution in [1.29, 1.82) is 0 Å². The summed E-state index contributed by atoms with van der Waals surface area (Å²) in [5.74, 6) is 1.26. The predicted molar refractivity (Wildman–Crippen MR) is 134 cm³/mol. The summed E-state index contributed by atoms with van der Waals surface area (Å²) < 4.78 is 12.3. The third-order valence-electron chi connectivity index (χ3n) is 5.07. The van der Waals surface area contributed by atoms with E-state index in [2.05, 4.69) is 21.2 Å². The Morgan fingerprint density at radius 1 is 1.06 bits per heavy atom. The quantitative estimate of drug-likeness (QED) is 0.346. The lowest BCUT2D eigenvalue weighted by atomic mass is 10.1. The Hall–Kier alpha value is -3.16. The van der Waals surface area contributed by atoms with Gasteiger partial charge in [0.2, 0.25) is 0 Å². The van der Waals surface area contributed by atoms with Crippen molar-refractivity contribution in [2.45, 2.75) is 13.5 Å². The number of para-hydroxylation sites is 2. The van der Waals surface area contributed by atoms with Crippen LogP contribution in [0.3, 0.4) is 0 Å². The highest BCUT2D eigenvalue weighted by atomic mass is 79.9. The average molecular weight is 509 g/mol. The molecule has 1 N–H and O–H groups in total. The van der Waals surface area contributed by atoms with Gasteiger partial charge in [0.25, 0.3) is 5.91 Å². The molecule has 0 spiro atoms. The van der Waals surface area contributed by atoms with Gasteiger partial charge in [-0.2, -0.15) is 0 Å². The number of hydrogen-bond acceptors (Lipinski definition) is 4. The molecule has 1 saturated heterocycles. The van der Waals surface area contributed by atoms with Gasteiger partial charge in [-0.1, -0.05) is 36.4 Å². The summed E-state index contributed by atoms with van der Waals surface area (Å²) in [5.41, 5.74) is 3.86. The molecule has 7 heteroatoms. The highest BCUT2D eigenvalue weighted by Gasteiger charge is 2.32. The smallest absolute Gasteiger partial charge is 0.281 e. The van der Waals surface area contributed by atoms with Crippen LogP contribution in [0.15, 0.2) is 76.9 Å². The number of thiocarbonyl (C=S) groups is 1. The van der Waals surface area contributed by atoms with Gasteiger partial charge in [0.05, 0.1) is 17.3 Å². The van der Waals surface area contributed by atoms with Crippen LogP contribution in [-0.2, 0) is 11.4 Å². The molecule has 0 saturated carbocycles. The van der Waals surface area contributed by atoms with Crippen molar-refractivity contribution >= 4 is 50.9 Å². The van der Waals surface area contributed by atoms with Crippen LogP contribution >= 0.6 is 28.1 Å². The van der Waals surface area contributed by atoms with Crippen LogP contribution < -0.4 is 19.7 Å². The number of nitrogens with one attached hydrogen (secondary N) is 1. The zero-order valence-corrected chi connectivity index (χ0v) is 20.0. The molecule has 32 heavy (non-hydrogen) atoms. The molecular formula is C25H21BrN2O3S. The number of amides is 1. The first-order chi connectivity index (χ1) is 15.5. The maximum atomic E-state index is 13.1. The van der Waals surface area contributed by atoms with Crippen molar-refractivity contribution in [2.24, 2.45) is 0 Å². The Kier molecular flexibility index (Phi) is 6.58. The molecule has 0 aromatic heterocycles.